The fourth-order valence-corrected chi connectivity index (χ4v) is 4.82. The molecule has 0 bridgehead atoms. The maximum Gasteiger partial charge on any atom is 0.341 e. The molecule has 1 amide bonds. The summed E-state index contributed by atoms with van der Waals surface area (Å²) in [6.45, 7) is 5.64. The van der Waals surface area contributed by atoms with Crippen LogP contribution in [0, 0.1) is 16.0 Å². The van der Waals surface area contributed by atoms with Crippen molar-refractivity contribution in [1.29, 1.82) is 0 Å². The molecule has 160 valence electrons. The van der Waals surface area contributed by atoms with Gasteiger partial charge in [-0.3, -0.25) is 14.9 Å². The van der Waals surface area contributed by atoms with Gasteiger partial charge < -0.3 is 14.8 Å². The fraction of sp³-hybridized carbons (Fsp3) is 0.429. The van der Waals surface area contributed by atoms with Gasteiger partial charge in [0.1, 0.15) is 5.00 Å². The fourth-order valence-electron chi connectivity index (χ4n) is 3.42. The maximum absolute atomic E-state index is 12.8. The van der Waals surface area contributed by atoms with Crippen LogP contribution >= 0.6 is 11.3 Å². The van der Waals surface area contributed by atoms with Crippen molar-refractivity contribution < 1.29 is 24.0 Å². The lowest BCUT2D eigenvalue weighted by atomic mass is 9.88. The molecule has 0 unspecified atom stereocenters. The molecule has 0 spiro atoms. The topological polar surface area (TPSA) is 108 Å². The van der Waals surface area contributed by atoms with E-state index in [1.165, 1.54) is 36.5 Å². The number of hydrogen-bond donors (Lipinski definition) is 1. The molecule has 30 heavy (non-hydrogen) atoms. The van der Waals surface area contributed by atoms with Crippen LogP contribution in [0.25, 0.3) is 0 Å². The summed E-state index contributed by atoms with van der Waals surface area (Å²) in [7, 11) is 0. The third kappa shape index (κ3) is 4.62. The summed E-state index contributed by atoms with van der Waals surface area (Å²) < 4.78 is 10.8. The highest BCUT2D eigenvalue weighted by molar-refractivity contribution is 7.17. The average molecular weight is 432 g/mol. The lowest BCUT2D eigenvalue weighted by molar-refractivity contribution is -0.386. The minimum atomic E-state index is -1.00. The third-order valence-electron chi connectivity index (χ3n) is 4.96. The lowest BCUT2D eigenvalue weighted by Gasteiger charge is -2.18. The van der Waals surface area contributed by atoms with Crippen molar-refractivity contribution in [2.45, 2.75) is 46.1 Å². The Morgan fingerprint density at radius 1 is 1.37 bits per heavy atom. The minimum absolute atomic E-state index is 0.00932. The minimum Gasteiger partial charge on any atom is -0.474 e. The number of carbonyl (C=O) groups is 2. The second kappa shape index (κ2) is 9.25. The molecule has 0 saturated heterocycles. The number of anilines is 1. The van der Waals surface area contributed by atoms with E-state index >= 15 is 0 Å². The van der Waals surface area contributed by atoms with Gasteiger partial charge in [0.25, 0.3) is 5.91 Å². The summed E-state index contributed by atoms with van der Waals surface area (Å²) in [6, 6.07) is 5.88. The molecule has 1 aromatic heterocycles. The number of benzene rings is 1. The normalized spacial score (nSPS) is 16.3. The Labute approximate surface area is 178 Å². The Kier molecular flexibility index (Phi) is 6.71. The standard InChI is InChI=1S/C21H24N2O6S/c1-4-28-21(25)18-14-10-9-12(2)11-17(14)30-20(18)22-19(24)13(3)29-16-8-6-5-7-15(16)23(26)27/h5-8,12-13H,4,9-11H2,1-3H3,(H,22,24)/t12-,13+/m0/s1. The summed E-state index contributed by atoms with van der Waals surface area (Å²) >= 11 is 1.38. The molecule has 1 aliphatic carbocycles. The molecule has 3 rings (SSSR count). The van der Waals surface area contributed by atoms with Crippen molar-refractivity contribution in [2.75, 3.05) is 11.9 Å². The second-order valence-electron chi connectivity index (χ2n) is 7.25. The van der Waals surface area contributed by atoms with Gasteiger partial charge in [0, 0.05) is 10.9 Å². The first kappa shape index (κ1) is 21.8. The smallest absolute Gasteiger partial charge is 0.341 e. The molecular formula is C21H24N2O6S. The summed E-state index contributed by atoms with van der Waals surface area (Å²) in [6.07, 6.45) is 1.59. The van der Waals surface area contributed by atoms with Gasteiger partial charge in [-0.1, -0.05) is 19.1 Å². The molecule has 0 saturated carbocycles. The van der Waals surface area contributed by atoms with Gasteiger partial charge in [0.2, 0.25) is 0 Å². The predicted octanol–water partition coefficient (Wildman–Crippen LogP) is 4.36. The van der Waals surface area contributed by atoms with E-state index in [-0.39, 0.29) is 18.0 Å². The second-order valence-corrected chi connectivity index (χ2v) is 8.36. The van der Waals surface area contributed by atoms with Crippen molar-refractivity contribution in [2.24, 2.45) is 5.92 Å². The molecule has 0 radical (unpaired) electrons. The van der Waals surface area contributed by atoms with Crippen LogP contribution in [0.3, 0.4) is 0 Å². The number of nitro benzene ring substituents is 1. The van der Waals surface area contributed by atoms with Crippen molar-refractivity contribution >= 4 is 33.9 Å². The van der Waals surface area contributed by atoms with Crippen molar-refractivity contribution in [3.63, 3.8) is 0 Å². The van der Waals surface area contributed by atoms with Gasteiger partial charge in [0.05, 0.1) is 17.1 Å². The first-order valence-electron chi connectivity index (χ1n) is 9.84. The summed E-state index contributed by atoms with van der Waals surface area (Å²) in [5.74, 6) is -0.428. The average Bonchev–Trinajstić information content (AvgIpc) is 3.05. The highest BCUT2D eigenvalue weighted by Gasteiger charge is 2.30. The summed E-state index contributed by atoms with van der Waals surface area (Å²) in [5, 5.41) is 14.4. The van der Waals surface area contributed by atoms with Crippen molar-refractivity contribution in [3.8, 4) is 5.75 Å². The van der Waals surface area contributed by atoms with Crippen LogP contribution in [-0.2, 0) is 22.4 Å². The van der Waals surface area contributed by atoms with Crippen LogP contribution in [0.2, 0.25) is 0 Å². The summed E-state index contributed by atoms with van der Waals surface area (Å²) in [5.41, 5.74) is 1.14. The first-order chi connectivity index (χ1) is 14.3. The number of ether oxygens (including phenoxy) is 2. The molecular weight excluding hydrogens is 408 g/mol. The van der Waals surface area contributed by atoms with E-state index in [0.717, 1.165) is 29.7 Å². The number of carbonyl (C=O) groups excluding carboxylic acids is 2. The number of rotatable bonds is 7. The van der Waals surface area contributed by atoms with Gasteiger partial charge >= 0.3 is 11.7 Å². The Morgan fingerprint density at radius 3 is 2.80 bits per heavy atom. The van der Waals surface area contributed by atoms with E-state index in [1.54, 1.807) is 13.0 Å². The van der Waals surface area contributed by atoms with E-state index in [0.29, 0.717) is 16.5 Å². The lowest BCUT2D eigenvalue weighted by Crippen LogP contribution is -2.30. The van der Waals surface area contributed by atoms with Crippen molar-refractivity contribution in [1.82, 2.24) is 0 Å². The molecule has 1 N–H and O–H groups in total. The molecule has 8 nitrogen and oxygen atoms in total. The number of amides is 1. The predicted molar refractivity (Wildman–Crippen MR) is 113 cm³/mol. The molecule has 2 aromatic rings. The number of esters is 1. The van der Waals surface area contributed by atoms with E-state index in [2.05, 4.69) is 12.2 Å². The molecule has 1 aromatic carbocycles. The molecule has 2 atom stereocenters. The highest BCUT2D eigenvalue weighted by Crippen LogP contribution is 2.40. The molecule has 0 fully saturated rings. The monoisotopic (exact) mass is 432 g/mol. The number of para-hydroxylation sites is 2. The van der Waals surface area contributed by atoms with Gasteiger partial charge in [0.15, 0.2) is 11.9 Å². The maximum atomic E-state index is 12.8. The number of fused-ring (bicyclic) bond motifs is 1. The van der Waals surface area contributed by atoms with Gasteiger partial charge in [-0.15, -0.1) is 11.3 Å². The molecule has 1 heterocycles. The molecule has 9 heteroatoms. The van der Waals surface area contributed by atoms with Crippen LogP contribution in [-0.4, -0.2) is 29.5 Å². The first-order valence-corrected chi connectivity index (χ1v) is 10.7. The Balaban J connectivity index is 1.82. The van der Waals surface area contributed by atoms with E-state index < -0.39 is 22.9 Å². The number of nitro groups is 1. The SMILES string of the molecule is CCOC(=O)c1c(NC(=O)[C@@H](C)Oc2ccccc2[N+](=O)[O-])sc2c1CC[C@H](C)C2. The Hall–Kier alpha value is -2.94. The highest BCUT2D eigenvalue weighted by atomic mass is 32.1. The van der Waals surface area contributed by atoms with Crippen LogP contribution in [0.5, 0.6) is 5.75 Å². The van der Waals surface area contributed by atoms with Gasteiger partial charge in [-0.05, 0) is 50.7 Å². The quantitative estimate of drug-likeness (QED) is 0.396. The van der Waals surface area contributed by atoms with Crippen LogP contribution in [0.15, 0.2) is 24.3 Å². The Morgan fingerprint density at radius 2 is 2.10 bits per heavy atom. The zero-order valence-electron chi connectivity index (χ0n) is 17.1. The third-order valence-corrected chi connectivity index (χ3v) is 6.13. The number of thiophene rings is 1. The number of hydrogen-bond acceptors (Lipinski definition) is 7. The van der Waals surface area contributed by atoms with E-state index in [9.17, 15) is 19.7 Å². The summed E-state index contributed by atoms with van der Waals surface area (Å²) in [4.78, 5) is 37.0. The van der Waals surface area contributed by atoms with Crippen molar-refractivity contribution in [3.05, 3.63) is 50.4 Å². The number of nitrogens with one attached hydrogen (secondary N) is 1. The zero-order valence-corrected chi connectivity index (χ0v) is 17.9. The van der Waals surface area contributed by atoms with Crippen LogP contribution in [0.1, 0.15) is 48.0 Å². The zero-order chi connectivity index (χ0) is 21.8. The van der Waals surface area contributed by atoms with Crippen LogP contribution in [0.4, 0.5) is 10.7 Å². The number of nitrogens with zero attached hydrogens (tertiary/aromatic N) is 1. The molecule has 0 aliphatic heterocycles. The molecule has 1 aliphatic rings. The van der Waals surface area contributed by atoms with E-state index in [1.807, 2.05) is 0 Å². The van der Waals surface area contributed by atoms with Gasteiger partial charge in [-0.25, -0.2) is 4.79 Å². The van der Waals surface area contributed by atoms with E-state index in [4.69, 9.17) is 9.47 Å². The Bertz CT molecular complexity index is 970. The largest absolute Gasteiger partial charge is 0.474 e. The van der Waals surface area contributed by atoms with Crippen LogP contribution < -0.4 is 10.1 Å². The van der Waals surface area contributed by atoms with Gasteiger partial charge in [-0.2, -0.15) is 0 Å².